The van der Waals surface area contributed by atoms with E-state index in [1.54, 1.807) is 57.5 Å². The molecule has 0 N–H and O–H groups in total. The van der Waals surface area contributed by atoms with E-state index in [9.17, 15) is 13.2 Å². The predicted octanol–water partition coefficient (Wildman–Crippen LogP) is 6.13. The molecule has 0 heterocycles. The largest absolute Gasteiger partial charge is 0.496 e. The molecule has 1 amide bonds. The van der Waals surface area contributed by atoms with Gasteiger partial charge in [0.05, 0.1) is 37.5 Å². The van der Waals surface area contributed by atoms with E-state index in [2.05, 4.69) is 15.9 Å². The van der Waals surface area contributed by atoms with Crippen molar-refractivity contribution in [2.24, 2.45) is 0 Å². The van der Waals surface area contributed by atoms with E-state index in [1.807, 2.05) is 43.3 Å². The van der Waals surface area contributed by atoms with Crippen molar-refractivity contribution >= 4 is 48.3 Å². The molecule has 0 spiro atoms. The highest BCUT2D eigenvalue weighted by Gasteiger charge is 2.26. The summed E-state index contributed by atoms with van der Waals surface area (Å²) in [6.07, 6.45) is 0. The molecule has 0 saturated carbocycles. The van der Waals surface area contributed by atoms with Crippen molar-refractivity contribution in [3.05, 3.63) is 76.3 Å². The Morgan fingerprint density at radius 3 is 2.05 bits per heavy atom. The van der Waals surface area contributed by atoms with Crippen molar-refractivity contribution in [1.82, 2.24) is 4.31 Å². The van der Waals surface area contributed by atoms with Gasteiger partial charge in [0.1, 0.15) is 5.75 Å². The number of sulfonamides is 1. The number of benzene rings is 4. The molecule has 8 nitrogen and oxygen atoms in total. The Bertz CT molecular complexity index is 1700. The third-order valence-corrected chi connectivity index (χ3v) is 9.30. The summed E-state index contributed by atoms with van der Waals surface area (Å²) >= 11 is 3.52. The molecule has 4 aromatic carbocycles. The second-order valence-corrected chi connectivity index (χ2v) is 12.3. The molecule has 0 radical (unpaired) electrons. The molecular formula is C30H31BrN2O6S. The Labute approximate surface area is 243 Å². The van der Waals surface area contributed by atoms with Gasteiger partial charge in [0.25, 0.3) is 5.91 Å². The maximum absolute atomic E-state index is 13.9. The average Bonchev–Trinajstić information content (AvgIpc) is 2.95. The number of carbonyl (C=O) groups is 1. The van der Waals surface area contributed by atoms with E-state index < -0.39 is 10.0 Å². The third kappa shape index (κ3) is 5.02. The molecular weight excluding hydrogens is 596 g/mol. The van der Waals surface area contributed by atoms with Crippen LogP contribution in [-0.4, -0.2) is 61.1 Å². The van der Waals surface area contributed by atoms with Gasteiger partial charge in [0.15, 0.2) is 11.5 Å². The average molecular weight is 628 g/mol. The first-order chi connectivity index (χ1) is 19.0. The molecule has 0 aliphatic rings. The number of aryl methyl sites for hydroxylation is 1. The maximum atomic E-state index is 13.9. The molecule has 0 aliphatic carbocycles. The fraction of sp³-hybridized carbons (Fsp3) is 0.233. The number of hydrogen-bond acceptors (Lipinski definition) is 6. The maximum Gasteiger partial charge on any atom is 0.262 e. The van der Waals surface area contributed by atoms with Gasteiger partial charge in [-0.2, -0.15) is 0 Å². The summed E-state index contributed by atoms with van der Waals surface area (Å²) < 4.78 is 44.2. The van der Waals surface area contributed by atoms with Gasteiger partial charge in [0.2, 0.25) is 10.0 Å². The number of hydrogen-bond donors (Lipinski definition) is 0. The number of nitrogens with zero attached hydrogens (tertiary/aromatic N) is 2. The number of rotatable bonds is 8. The topological polar surface area (TPSA) is 85.4 Å². The fourth-order valence-corrected chi connectivity index (χ4v) is 6.09. The lowest BCUT2D eigenvalue weighted by Crippen LogP contribution is -2.27. The molecule has 0 atom stereocenters. The molecule has 4 rings (SSSR count). The van der Waals surface area contributed by atoms with Crippen LogP contribution in [0.15, 0.2) is 70.0 Å². The minimum Gasteiger partial charge on any atom is -0.496 e. The molecule has 0 aliphatic heterocycles. The first kappa shape index (κ1) is 29.4. The number of anilines is 1. The molecule has 0 bridgehead atoms. The van der Waals surface area contributed by atoms with Gasteiger partial charge in [-0.1, -0.05) is 30.3 Å². The molecule has 0 fully saturated rings. The molecule has 40 heavy (non-hydrogen) atoms. The zero-order valence-electron chi connectivity index (χ0n) is 23.4. The van der Waals surface area contributed by atoms with Crippen LogP contribution >= 0.6 is 15.9 Å². The highest BCUT2D eigenvalue weighted by atomic mass is 79.9. The van der Waals surface area contributed by atoms with Gasteiger partial charge in [-0.15, -0.1) is 0 Å². The molecule has 0 saturated heterocycles. The number of amides is 1. The van der Waals surface area contributed by atoms with Crippen LogP contribution in [0.4, 0.5) is 5.69 Å². The van der Waals surface area contributed by atoms with Crippen molar-refractivity contribution in [3.63, 3.8) is 0 Å². The molecule has 10 heteroatoms. The van der Waals surface area contributed by atoms with Crippen LogP contribution in [0.25, 0.3) is 21.9 Å². The van der Waals surface area contributed by atoms with Crippen LogP contribution in [-0.2, 0) is 10.0 Å². The van der Waals surface area contributed by atoms with Gasteiger partial charge in [-0.05, 0) is 69.7 Å². The molecule has 0 aromatic heterocycles. The predicted molar refractivity (Wildman–Crippen MR) is 162 cm³/mol. The van der Waals surface area contributed by atoms with Gasteiger partial charge in [-0.3, -0.25) is 4.79 Å². The van der Waals surface area contributed by atoms with E-state index in [1.165, 1.54) is 18.4 Å². The van der Waals surface area contributed by atoms with Crippen molar-refractivity contribution in [1.29, 1.82) is 0 Å². The van der Waals surface area contributed by atoms with Crippen molar-refractivity contribution < 1.29 is 27.4 Å². The van der Waals surface area contributed by atoms with Crippen molar-refractivity contribution in [2.75, 3.05) is 47.4 Å². The van der Waals surface area contributed by atoms with Gasteiger partial charge < -0.3 is 19.1 Å². The highest BCUT2D eigenvalue weighted by Crippen LogP contribution is 2.46. The van der Waals surface area contributed by atoms with E-state index in [0.29, 0.717) is 38.5 Å². The second kappa shape index (κ2) is 11.5. The monoisotopic (exact) mass is 626 g/mol. The highest BCUT2D eigenvalue weighted by molar-refractivity contribution is 9.10. The van der Waals surface area contributed by atoms with E-state index in [4.69, 9.17) is 14.2 Å². The number of ether oxygens (including phenoxy) is 3. The first-order valence-electron chi connectivity index (χ1n) is 12.3. The van der Waals surface area contributed by atoms with E-state index in [-0.39, 0.29) is 10.8 Å². The summed E-state index contributed by atoms with van der Waals surface area (Å²) in [6, 6.07) is 17.8. The smallest absolute Gasteiger partial charge is 0.262 e. The standard InChI is InChI=1S/C30H31BrN2O6S/c1-18-11-16-23(31)27(28(18)38-6)30(34)33(4)24-10-8-9-21-22(24)17-25(37-5)29(39-7)26(21)19-12-14-20(15-13-19)40(35,36)32(2)3/h8-17H,1-7H3. The SMILES string of the molecule is COc1cc2c(N(C)C(=O)c3c(Br)ccc(C)c3OC)cccc2c(-c2ccc(S(=O)(=O)N(C)C)cc2)c1OC. The Kier molecular flexibility index (Phi) is 8.44. The Morgan fingerprint density at radius 2 is 1.48 bits per heavy atom. The summed E-state index contributed by atoms with van der Waals surface area (Å²) in [4.78, 5) is 15.6. The Hall–Kier alpha value is -3.60. The van der Waals surface area contributed by atoms with Crippen LogP contribution in [0.5, 0.6) is 17.2 Å². The van der Waals surface area contributed by atoms with Crippen molar-refractivity contribution in [3.8, 4) is 28.4 Å². The zero-order valence-corrected chi connectivity index (χ0v) is 25.8. The quantitative estimate of drug-likeness (QED) is 0.234. The molecule has 4 aromatic rings. The van der Waals surface area contributed by atoms with Gasteiger partial charge in [-0.25, -0.2) is 12.7 Å². The van der Waals surface area contributed by atoms with Gasteiger partial charge >= 0.3 is 0 Å². The van der Waals surface area contributed by atoms with Crippen LogP contribution in [0.1, 0.15) is 15.9 Å². The van der Waals surface area contributed by atoms with Crippen LogP contribution in [0.3, 0.4) is 0 Å². The summed E-state index contributed by atoms with van der Waals surface area (Å²) in [5, 5.41) is 1.55. The minimum absolute atomic E-state index is 0.177. The lowest BCUT2D eigenvalue weighted by atomic mass is 9.95. The lowest BCUT2D eigenvalue weighted by molar-refractivity contribution is 0.0989. The number of fused-ring (bicyclic) bond motifs is 1. The zero-order chi connectivity index (χ0) is 29.4. The van der Waals surface area contributed by atoms with Crippen LogP contribution < -0.4 is 19.1 Å². The first-order valence-corrected chi connectivity index (χ1v) is 14.5. The van der Waals surface area contributed by atoms with Gasteiger partial charge in [0, 0.05) is 36.6 Å². The van der Waals surface area contributed by atoms with E-state index in [0.717, 1.165) is 21.9 Å². The lowest BCUT2D eigenvalue weighted by Gasteiger charge is -2.24. The van der Waals surface area contributed by atoms with Crippen LogP contribution in [0, 0.1) is 6.92 Å². The summed E-state index contributed by atoms with van der Waals surface area (Å²) in [7, 11) is 5.75. The Morgan fingerprint density at radius 1 is 0.825 bits per heavy atom. The number of methoxy groups -OCH3 is 3. The normalized spacial score (nSPS) is 11.5. The number of halogens is 1. The van der Waals surface area contributed by atoms with E-state index >= 15 is 0 Å². The third-order valence-electron chi connectivity index (χ3n) is 6.81. The Balaban J connectivity index is 1.94. The minimum atomic E-state index is -3.59. The molecule has 210 valence electrons. The molecule has 0 unspecified atom stereocenters. The van der Waals surface area contributed by atoms with Crippen molar-refractivity contribution in [2.45, 2.75) is 11.8 Å². The summed E-state index contributed by atoms with van der Waals surface area (Å²) in [5.41, 5.74) is 3.34. The summed E-state index contributed by atoms with van der Waals surface area (Å²) in [5.74, 6) is 1.21. The fourth-order valence-electron chi connectivity index (χ4n) is 4.70. The summed E-state index contributed by atoms with van der Waals surface area (Å²) in [6.45, 7) is 1.89. The second-order valence-electron chi connectivity index (χ2n) is 9.31. The number of carbonyl (C=O) groups excluding carboxylic acids is 1. The van der Waals surface area contributed by atoms with Crippen LogP contribution in [0.2, 0.25) is 0 Å².